The summed E-state index contributed by atoms with van der Waals surface area (Å²) in [7, 11) is 0. The van der Waals surface area contributed by atoms with Crippen molar-refractivity contribution in [3.63, 3.8) is 0 Å². The zero-order valence-electron chi connectivity index (χ0n) is 11.5. The van der Waals surface area contributed by atoms with Gasteiger partial charge in [-0.15, -0.1) is 10.2 Å². The summed E-state index contributed by atoms with van der Waals surface area (Å²) in [5.41, 5.74) is 2.31. The van der Waals surface area contributed by atoms with Gasteiger partial charge in [0.25, 0.3) is 0 Å². The van der Waals surface area contributed by atoms with Crippen molar-refractivity contribution in [3.8, 4) is 11.5 Å². The number of halogens is 1. The first-order chi connectivity index (χ1) is 10.2. The van der Waals surface area contributed by atoms with Crippen molar-refractivity contribution in [3.05, 3.63) is 66.3 Å². The highest BCUT2D eigenvalue weighted by atomic mass is 19.1. The lowest BCUT2D eigenvalue weighted by atomic mass is 10.1. The highest BCUT2D eigenvalue weighted by molar-refractivity contribution is 5.61. The van der Waals surface area contributed by atoms with E-state index in [4.69, 9.17) is 4.42 Å². The fraction of sp³-hybridized carbons (Fsp3) is 0.125. The van der Waals surface area contributed by atoms with Crippen LogP contribution in [-0.4, -0.2) is 10.2 Å². The van der Waals surface area contributed by atoms with Gasteiger partial charge in [-0.3, -0.25) is 0 Å². The lowest BCUT2D eigenvalue weighted by Gasteiger charge is -2.16. The van der Waals surface area contributed by atoms with Crippen LogP contribution in [0.5, 0.6) is 0 Å². The maximum absolute atomic E-state index is 13.8. The third kappa shape index (κ3) is 2.91. The van der Waals surface area contributed by atoms with Crippen LogP contribution in [0.15, 0.2) is 59.3 Å². The van der Waals surface area contributed by atoms with Crippen molar-refractivity contribution in [2.45, 2.75) is 13.0 Å². The van der Waals surface area contributed by atoms with Crippen LogP contribution in [0.4, 0.5) is 10.1 Å². The second-order valence-electron chi connectivity index (χ2n) is 4.71. The Morgan fingerprint density at radius 2 is 2.00 bits per heavy atom. The van der Waals surface area contributed by atoms with Crippen LogP contribution >= 0.6 is 0 Å². The van der Waals surface area contributed by atoms with Gasteiger partial charge in [-0.05, 0) is 31.2 Å². The Labute approximate surface area is 121 Å². The molecule has 3 rings (SSSR count). The zero-order chi connectivity index (χ0) is 14.7. The van der Waals surface area contributed by atoms with Crippen LogP contribution in [0.2, 0.25) is 0 Å². The topological polar surface area (TPSA) is 51.0 Å². The molecule has 2 aromatic carbocycles. The van der Waals surface area contributed by atoms with E-state index < -0.39 is 0 Å². The van der Waals surface area contributed by atoms with E-state index in [-0.39, 0.29) is 11.9 Å². The van der Waals surface area contributed by atoms with E-state index in [1.165, 1.54) is 12.5 Å². The molecule has 4 nitrogen and oxygen atoms in total. The largest absolute Gasteiger partial charge is 0.423 e. The number of benzene rings is 2. The molecule has 0 fully saturated rings. The Balaban J connectivity index is 1.82. The van der Waals surface area contributed by atoms with Gasteiger partial charge in [0.05, 0.1) is 6.04 Å². The molecule has 3 aromatic rings. The summed E-state index contributed by atoms with van der Waals surface area (Å²) in [6.07, 6.45) is 1.29. The summed E-state index contributed by atoms with van der Waals surface area (Å²) in [4.78, 5) is 0. The first-order valence-corrected chi connectivity index (χ1v) is 6.61. The van der Waals surface area contributed by atoms with Crippen LogP contribution in [0.25, 0.3) is 11.5 Å². The fourth-order valence-electron chi connectivity index (χ4n) is 2.19. The molecule has 1 N–H and O–H groups in total. The molecule has 5 heteroatoms. The SMILES string of the molecule is CC(Nc1cccc(-c2nnco2)c1)c1ccccc1F. The van der Waals surface area contributed by atoms with E-state index in [1.807, 2.05) is 37.3 Å². The summed E-state index contributed by atoms with van der Waals surface area (Å²) in [6, 6.07) is 14.2. The van der Waals surface area contributed by atoms with Gasteiger partial charge >= 0.3 is 0 Å². The third-order valence-corrected chi connectivity index (χ3v) is 3.22. The molecular weight excluding hydrogens is 269 g/mol. The first kappa shape index (κ1) is 13.3. The quantitative estimate of drug-likeness (QED) is 0.784. The van der Waals surface area contributed by atoms with Gasteiger partial charge < -0.3 is 9.73 Å². The summed E-state index contributed by atoms with van der Waals surface area (Å²) in [5.74, 6) is 0.239. The van der Waals surface area contributed by atoms with E-state index in [9.17, 15) is 4.39 Å². The molecule has 0 aliphatic carbocycles. The molecule has 0 saturated heterocycles. The van der Waals surface area contributed by atoms with Crippen molar-refractivity contribution < 1.29 is 8.81 Å². The maximum atomic E-state index is 13.8. The minimum absolute atomic E-state index is 0.149. The van der Waals surface area contributed by atoms with Gasteiger partial charge in [0, 0.05) is 16.8 Å². The average molecular weight is 283 g/mol. The molecule has 0 saturated carbocycles. The van der Waals surface area contributed by atoms with E-state index in [2.05, 4.69) is 15.5 Å². The number of hydrogen-bond acceptors (Lipinski definition) is 4. The normalized spacial score (nSPS) is 12.1. The Hall–Kier alpha value is -2.69. The summed E-state index contributed by atoms with van der Waals surface area (Å²) in [5, 5.41) is 10.8. The minimum Gasteiger partial charge on any atom is -0.423 e. The van der Waals surface area contributed by atoms with Crippen molar-refractivity contribution in [2.24, 2.45) is 0 Å². The third-order valence-electron chi connectivity index (χ3n) is 3.22. The van der Waals surface area contributed by atoms with Crippen molar-refractivity contribution in [2.75, 3.05) is 5.32 Å². The molecule has 106 valence electrons. The second-order valence-corrected chi connectivity index (χ2v) is 4.71. The fourth-order valence-corrected chi connectivity index (χ4v) is 2.19. The van der Waals surface area contributed by atoms with E-state index in [1.54, 1.807) is 12.1 Å². The minimum atomic E-state index is -0.217. The Morgan fingerprint density at radius 3 is 2.76 bits per heavy atom. The monoisotopic (exact) mass is 283 g/mol. The molecule has 0 radical (unpaired) electrons. The van der Waals surface area contributed by atoms with Gasteiger partial charge in [-0.25, -0.2) is 4.39 Å². The van der Waals surface area contributed by atoms with Gasteiger partial charge in [-0.1, -0.05) is 24.3 Å². The molecule has 21 heavy (non-hydrogen) atoms. The van der Waals surface area contributed by atoms with Crippen LogP contribution in [0, 0.1) is 5.82 Å². The van der Waals surface area contributed by atoms with Crippen LogP contribution in [0.3, 0.4) is 0 Å². The molecule has 1 heterocycles. The molecule has 0 aliphatic heterocycles. The Kier molecular flexibility index (Phi) is 3.64. The van der Waals surface area contributed by atoms with Gasteiger partial charge in [0.1, 0.15) is 5.82 Å². The molecule has 1 aromatic heterocycles. The summed E-state index contributed by atoms with van der Waals surface area (Å²) < 4.78 is 18.9. The molecular formula is C16H14FN3O. The summed E-state index contributed by atoms with van der Waals surface area (Å²) in [6.45, 7) is 1.91. The Bertz CT molecular complexity index is 728. The summed E-state index contributed by atoms with van der Waals surface area (Å²) >= 11 is 0. The number of aromatic nitrogens is 2. The van der Waals surface area contributed by atoms with E-state index in [0.717, 1.165) is 11.3 Å². The van der Waals surface area contributed by atoms with Crippen LogP contribution in [0.1, 0.15) is 18.5 Å². The highest BCUT2D eigenvalue weighted by Gasteiger charge is 2.11. The van der Waals surface area contributed by atoms with Crippen molar-refractivity contribution in [1.29, 1.82) is 0 Å². The number of hydrogen-bond donors (Lipinski definition) is 1. The number of nitrogens with one attached hydrogen (secondary N) is 1. The molecule has 0 aliphatic rings. The predicted octanol–water partition coefficient (Wildman–Crippen LogP) is 4.05. The maximum Gasteiger partial charge on any atom is 0.247 e. The average Bonchev–Trinajstić information content (AvgIpc) is 3.02. The zero-order valence-corrected chi connectivity index (χ0v) is 11.5. The standard InChI is InChI=1S/C16H14FN3O/c1-11(14-7-2-3-8-15(14)17)19-13-6-4-5-12(9-13)16-20-18-10-21-16/h2-11,19H,1H3. The molecule has 1 unspecified atom stereocenters. The highest BCUT2D eigenvalue weighted by Crippen LogP contribution is 2.25. The van der Waals surface area contributed by atoms with Crippen LogP contribution in [-0.2, 0) is 0 Å². The molecule has 0 amide bonds. The molecule has 0 spiro atoms. The lowest BCUT2D eigenvalue weighted by Crippen LogP contribution is -2.08. The van der Waals surface area contributed by atoms with Gasteiger partial charge in [0.2, 0.25) is 12.3 Å². The van der Waals surface area contributed by atoms with Crippen molar-refractivity contribution in [1.82, 2.24) is 10.2 Å². The van der Waals surface area contributed by atoms with Crippen LogP contribution < -0.4 is 5.32 Å². The number of nitrogens with zero attached hydrogens (tertiary/aromatic N) is 2. The van der Waals surface area contributed by atoms with Crippen molar-refractivity contribution >= 4 is 5.69 Å². The second kappa shape index (κ2) is 5.75. The Morgan fingerprint density at radius 1 is 1.14 bits per heavy atom. The van der Waals surface area contributed by atoms with Gasteiger partial charge in [0.15, 0.2) is 0 Å². The predicted molar refractivity (Wildman–Crippen MR) is 78.2 cm³/mol. The number of anilines is 1. The number of rotatable bonds is 4. The lowest BCUT2D eigenvalue weighted by molar-refractivity contribution is 0.568. The van der Waals surface area contributed by atoms with E-state index in [0.29, 0.717) is 11.5 Å². The molecule has 1 atom stereocenters. The first-order valence-electron chi connectivity index (χ1n) is 6.61. The molecule has 0 bridgehead atoms. The smallest absolute Gasteiger partial charge is 0.247 e. The van der Waals surface area contributed by atoms with E-state index >= 15 is 0 Å². The van der Waals surface area contributed by atoms with Gasteiger partial charge in [-0.2, -0.15) is 0 Å².